The lowest BCUT2D eigenvalue weighted by molar-refractivity contribution is 0.171. The summed E-state index contributed by atoms with van der Waals surface area (Å²) >= 11 is 0. The first-order valence-electron chi connectivity index (χ1n) is 7.06. The SMILES string of the molecule is CCCNCc1ccc(-c2ccc3c(c2)OCCO3)o1. The molecule has 1 N–H and O–H groups in total. The Hall–Kier alpha value is -1.94. The van der Waals surface area contributed by atoms with Crippen LogP contribution in [0.2, 0.25) is 0 Å². The molecule has 0 saturated carbocycles. The summed E-state index contributed by atoms with van der Waals surface area (Å²) < 4.78 is 17.0. The highest BCUT2D eigenvalue weighted by atomic mass is 16.6. The highest BCUT2D eigenvalue weighted by molar-refractivity contribution is 5.63. The minimum atomic E-state index is 0.598. The number of furan rings is 1. The van der Waals surface area contributed by atoms with Gasteiger partial charge in [-0.25, -0.2) is 0 Å². The minimum Gasteiger partial charge on any atom is -0.486 e. The molecule has 3 rings (SSSR count). The Morgan fingerprint density at radius 3 is 2.75 bits per heavy atom. The van der Waals surface area contributed by atoms with Crippen molar-refractivity contribution in [2.45, 2.75) is 19.9 Å². The van der Waals surface area contributed by atoms with Crippen LogP contribution in [0, 0.1) is 0 Å². The predicted octanol–water partition coefficient (Wildman–Crippen LogP) is 3.22. The summed E-state index contributed by atoms with van der Waals surface area (Å²) in [5.74, 6) is 3.39. The quantitative estimate of drug-likeness (QED) is 0.849. The Balaban J connectivity index is 1.75. The van der Waals surface area contributed by atoms with Crippen LogP contribution in [-0.4, -0.2) is 19.8 Å². The van der Waals surface area contributed by atoms with Gasteiger partial charge in [-0.3, -0.25) is 0 Å². The van der Waals surface area contributed by atoms with Gasteiger partial charge in [-0.2, -0.15) is 0 Å². The van der Waals surface area contributed by atoms with E-state index in [4.69, 9.17) is 13.9 Å². The fourth-order valence-electron chi connectivity index (χ4n) is 2.21. The molecule has 4 nitrogen and oxygen atoms in total. The average Bonchev–Trinajstić information content (AvgIpc) is 2.96. The first-order valence-corrected chi connectivity index (χ1v) is 7.06. The van der Waals surface area contributed by atoms with E-state index in [0.717, 1.165) is 48.1 Å². The van der Waals surface area contributed by atoms with Crippen LogP contribution in [0.25, 0.3) is 11.3 Å². The van der Waals surface area contributed by atoms with Crippen molar-refractivity contribution in [2.24, 2.45) is 0 Å². The molecule has 2 aromatic rings. The molecule has 0 aliphatic carbocycles. The van der Waals surface area contributed by atoms with E-state index in [0.29, 0.717) is 13.2 Å². The van der Waals surface area contributed by atoms with E-state index in [1.54, 1.807) is 0 Å². The second-order valence-electron chi connectivity index (χ2n) is 4.80. The predicted molar refractivity (Wildman–Crippen MR) is 77.1 cm³/mol. The zero-order valence-electron chi connectivity index (χ0n) is 11.6. The number of benzene rings is 1. The molecule has 0 bridgehead atoms. The lowest BCUT2D eigenvalue weighted by Crippen LogP contribution is -2.15. The van der Waals surface area contributed by atoms with Gasteiger partial charge in [-0.15, -0.1) is 0 Å². The summed E-state index contributed by atoms with van der Waals surface area (Å²) in [5, 5.41) is 3.33. The first kappa shape index (κ1) is 13.1. The molecular weight excluding hydrogens is 254 g/mol. The number of ether oxygens (including phenoxy) is 2. The van der Waals surface area contributed by atoms with Crippen molar-refractivity contribution in [2.75, 3.05) is 19.8 Å². The van der Waals surface area contributed by atoms with Gasteiger partial charge in [0.05, 0.1) is 6.54 Å². The van der Waals surface area contributed by atoms with E-state index in [1.807, 2.05) is 30.3 Å². The van der Waals surface area contributed by atoms with Gasteiger partial charge < -0.3 is 19.2 Å². The van der Waals surface area contributed by atoms with E-state index < -0.39 is 0 Å². The van der Waals surface area contributed by atoms with Gasteiger partial charge >= 0.3 is 0 Å². The summed E-state index contributed by atoms with van der Waals surface area (Å²) in [5.41, 5.74) is 1.01. The Morgan fingerprint density at radius 1 is 1.05 bits per heavy atom. The van der Waals surface area contributed by atoms with Gasteiger partial charge in [0.25, 0.3) is 0 Å². The van der Waals surface area contributed by atoms with Crippen LogP contribution in [0.15, 0.2) is 34.7 Å². The maximum atomic E-state index is 5.85. The third-order valence-electron chi connectivity index (χ3n) is 3.21. The molecule has 1 aliphatic heterocycles. The molecular formula is C16H19NO3. The highest BCUT2D eigenvalue weighted by Gasteiger charge is 2.13. The molecule has 0 unspecified atom stereocenters. The van der Waals surface area contributed by atoms with Crippen molar-refractivity contribution in [3.63, 3.8) is 0 Å². The second-order valence-corrected chi connectivity index (χ2v) is 4.80. The third kappa shape index (κ3) is 2.80. The third-order valence-corrected chi connectivity index (χ3v) is 3.21. The van der Waals surface area contributed by atoms with Gasteiger partial charge in [0, 0.05) is 5.56 Å². The Bertz CT molecular complexity index is 577. The summed E-state index contributed by atoms with van der Waals surface area (Å²) in [6.07, 6.45) is 1.12. The first-order chi connectivity index (χ1) is 9.86. The van der Waals surface area contributed by atoms with Crippen molar-refractivity contribution in [1.82, 2.24) is 5.32 Å². The molecule has 0 atom stereocenters. The monoisotopic (exact) mass is 273 g/mol. The summed E-state index contributed by atoms with van der Waals surface area (Å²) in [6, 6.07) is 9.90. The Kier molecular flexibility index (Phi) is 3.92. The zero-order valence-corrected chi connectivity index (χ0v) is 11.6. The number of fused-ring (bicyclic) bond motifs is 1. The number of hydrogen-bond acceptors (Lipinski definition) is 4. The van der Waals surface area contributed by atoms with Crippen LogP contribution >= 0.6 is 0 Å². The van der Waals surface area contributed by atoms with Crippen molar-refractivity contribution in [1.29, 1.82) is 0 Å². The summed E-state index contributed by atoms with van der Waals surface area (Å²) in [7, 11) is 0. The van der Waals surface area contributed by atoms with Crippen LogP contribution < -0.4 is 14.8 Å². The number of nitrogens with one attached hydrogen (secondary N) is 1. The minimum absolute atomic E-state index is 0.598. The van der Waals surface area contributed by atoms with Crippen molar-refractivity contribution < 1.29 is 13.9 Å². The lowest BCUT2D eigenvalue weighted by atomic mass is 10.1. The van der Waals surface area contributed by atoms with Crippen molar-refractivity contribution in [3.05, 3.63) is 36.1 Å². The normalized spacial score (nSPS) is 13.4. The van der Waals surface area contributed by atoms with Crippen molar-refractivity contribution in [3.8, 4) is 22.8 Å². The van der Waals surface area contributed by atoms with Gasteiger partial charge in [0.15, 0.2) is 11.5 Å². The number of rotatable bonds is 5. The molecule has 1 aromatic carbocycles. The van der Waals surface area contributed by atoms with Gasteiger partial charge in [0.2, 0.25) is 0 Å². The average molecular weight is 273 g/mol. The molecule has 20 heavy (non-hydrogen) atoms. The topological polar surface area (TPSA) is 43.6 Å². The zero-order chi connectivity index (χ0) is 13.8. The van der Waals surface area contributed by atoms with Crippen LogP contribution in [0.4, 0.5) is 0 Å². The van der Waals surface area contributed by atoms with E-state index in [1.165, 1.54) is 0 Å². The van der Waals surface area contributed by atoms with Gasteiger partial charge in [-0.1, -0.05) is 6.92 Å². The standard InChI is InChI=1S/C16H19NO3/c1-2-7-17-11-13-4-6-14(20-13)12-3-5-15-16(10-12)19-9-8-18-15/h3-6,10,17H,2,7-9,11H2,1H3. The Morgan fingerprint density at radius 2 is 1.90 bits per heavy atom. The summed E-state index contributed by atoms with van der Waals surface area (Å²) in [6.45, 7) is 5.12. The molecule has 1 aromatic heterocycles. The largest absolute Gasteiger partial charge is 0.486 e. The van der Waals surface area contributed by atoms with E-state index in [-0.39, 0.29) is 0 Å². The lowest BCUT2D eigenvalue weighted by Gasteiger charge is -2.18. The van der Waals surface area contributed by atoms with Crippen LogP contribution in [0.5, 0.6) is 11.5 Å². The van der Waals surface area contributed by atoms with Crippen LogP contribution in [0.1, 0.15) is 19.1 Å². The fraction of sp³-hybridized carbons (Fsp3) is 0.375. The van der Waals surface area contributed by atoms with Crippen LogP contribution in [-0.2, 0) is 6.54 Å². The molecule has 2 heterocycles. The van der Waals surface area contributed by atoms with Gasteiger partial charge in [0.1, 0.15) is 24.7 Å². The summed E-state index contributed by atoms with van der Waals surface area (Å²) in [4.78, 5) is 0. The van der Waals surface area contributed by atoms with Crippen LogP contribution in [0.3, 0.4) is 0 Å². The van der Waals surface area contributed by atoms with Crippen molar-refractivity contribution >= 4 is 0 Å². The Labute approximate surface area is 118 Å². The molecule has 0 spiro atoms. The smallest absolute Gasteiger partial charge is 0.162 e. The molecule has 0 fully saturated rings. The maximum Gasteiger partial charge on any atom is 0.162 e. The van der Waals surface area contributed by atoms with Gasteiger partial charge in [-0.05, 0) is 43.3 Å². The molecule has 106 valence electrons. The van der Waals surface area contributed by atoms with E-state index in [9.17, 15) is 0 Å². The molecule has 0 saturated heterocycles. The highest BCUT2D eigenvalue weighted by Crippen LogP contribution is 2.34. The number of hydrogen-bond donors (Lipinski definition) is 1. The molecule has 0 amide bonds. The van der Waals surface area contributed by atoms with E-state index in [2.05, 4.69) is 12.2 Å². The molecule has 1 aliphatic rings. The van der Waals surface area contributed by atoms with E-state index >= 15 is 0 Å². The fourth-order valence-corrected chi connectivity index (χ4v) is 2.21. The molecule has 0 radical (unpaired) electrons. The second kappa shape index (κ2) is 6.01. The molecule has 4 heteroatoms. The maximum absolute atomic E-state index is 5.85.